The molecule has 1 saturated heterocycles. The quantitative estimate of drug-likeness (QED) is 0.623. The molecule has 5 atom stereocenters. The van der Waals surface area contributed by atoms with E-state index in [0.29, 0.717) is 6.42 Å². The van der Waals surface area contributed by atoms with Gasteiger partial charge in [0, 0.05) is 19.3 Å². The van der Waals surface area contributed by atoms with E-state index in [2.05, 4.69) is 6.92 Å². The van der Waals surface area contributed by atoms with Gasteiger partial charge in [-0.3, -0.25) is 4.79 Å². The van der Waals surface area contributed by atoms with Crippen LogP contribution in [-0.2, 0) is 14.3 Å². The largest absolute Gasteiger partial charge is 0.458 e. The minimum absolute atomic E-state index is 0.0338. The molecular weight excluding hydrogens is 244 g/mol. The molecule has 1 unspecified atom stereocenters. The number of carbonyl (C=O) groups is 1. The zero-order valence-corrected chi connectivity index (χ0v) is 11.3. The fraction of sp³-hybridized carbons (Fsp3) is 0.667. The average Bonchev–Trinajstić information content (AvgIpc) is 2.59. The Kier molecular flexibility index (Phi) is 2.84. The molecule has 19 heavy (non-hydrogen) atoms. The van der Waals surface area contributed by atoms with Crippen LogP contribution >= 0.6 is 0 Å². The molecule has 0 aromatic rings. The molecule has 0 saturated carbocycles. The van der Waals surface area contributed by atoms with Gasteiger partial charge in [0.25, 0.3) is 0 Å². The molecule has 0 spiro atoms. The minimum Gasteiger partial charge on any atom is -0.458 e. The molecule has 3 aliphatic rings. The first-order valence-electron chi connectivity index (χ1n) is 6.96. The van der Waals surface area contributed by atoms with Gasteiger partial charge in [0.15, 0.2) is 0 Å². The third kappa shape index (κ3) is 1.70. The van der Waals surface area contributed by atoms with E-state index in [1.807, 2.05) is 24.3 Å². The normalized spacial score (nSPS) is 46.4. The second-order valence-corrected chi connectivity index (χ2v) is 5.77. The predicted octanol–water partition coefficient (Wildman–Crippen LogP) is 1.73. The van der Waals surface area contributed by atoms with Crippen molar-refractivity contribution in [2.45, 2.75) is 56.5 Å². The summed E-state index contributed by atoms with van der Waals surface area (Å²) in [5.41, 5.74) is -1.59. The summed E-state index contributed by atoms with van der Waals surface area (Å²) in [4.78, 5) is 11.2. The van der Waals surface area contributed by atoms with Gasteiger partial charge < -0.3 is 14.6 Å². The van der Waals surface area contributed by atoms with Crippen molar-refractivity contribution in [3.63, 3.8) is 0 Å². The molecule has 0 radical (unpaired) electrons. The van der Waals surface area contributed by atoms with E-state index in [1.54, 1.807) is 0 Å². The highest BCUT2D eigenvalue weighted by Gasteiger charge is 2.64. The lowest BCUT2D eigenvalue weighted by Gasteiger charge is -2.47. The first kappa shape index (κ1) is 12.9. The second-order valence-electron chi connectivity index (χ2n) is 5.77. The highest BCUT2D eigenvalue weighted by Crippen LogP contribution is 2.54. The number of ether oxygens (including phenoxy) is 2. The zero-order chi connectivity index (χ0) is 13.7. The molecule has 2 bridgehead atoms. The molecule has 4 nitrogen and oxygen atoms in total. The van der Waals surface area contributed by atoms with Gasteiger partial charge in [-0.1, -0.05) is 31.6 Å². The molecule has 1 aliphatic heterocycles. The standard InChI is InChI=1S/C15H20O4/c1-3-7-14-8-6-13(18-10(2)16)12-5-4-11(19-14)9-15(12,14)17/h4-6,8,11-13,17H,3,7,9H2,1-2H3/t11-,12?,13-,14+,15+/m0/s1. The fourth-order valence-corrected chi connectivity index (χ4v) is 3.79. The fourth-order valence-electron chi connectivity index (χ4n) is 3.79. The molecule has 2 aliphatic carbocycles. The molecule has 0 aromatic heterocycles. The Balaban J connectivity index is 2.01. The monoisotopic (exact) mass is 264 g/mol. The maximum Gasteiger partial charge on any atom is 0.303 e. The maximum absolute atomic E-state index is 11.2. The van der Waals surface area contributed by atoms with Crippen molar-refractivity contribution in [1.29, 1.82) is 0 Å². The third-order valence-corrected chi connectivity index (χ3v) is 4.52. The first-order chi connectivity index (χ1) is 9.01. The number of fused-ring (bicyclic) bond motifs is 1. The molecule has 1 fully saturated rings. The van der Waals surface area contributed by atoms with Crippen LogP contribution in [0.2, 0.25) is 0 Å². The summed E-state index contributed by atoms with van der Waals surface area (Å²) >= 11 is 0. The number of hydrogen-bond donors (Lipinski definition) is 1. The van der Waals surface area contributed by atoms with Gasteiger partial charge in [0.05, 0.1) is 6.10 Å². The lowest BCUT2D eigenvalue weighted by molar-refractivity contribution is -0.164. The van der Waals surface area contributed by atoms with Crippen LogP contribution in [0, 0.1) is 5.92 Å². The summed E-state index contributed by atoms with van der Waals surface area (Å²) in [6.45, 7) is 3.48. The Morgan fingerprint density at radius 3 is 2.95 bits per heavy atom. The van der Waals surface area contributed by atoms with E-state index in [9.17, 15) is 9.90 Å². The Morgan fingerprint density at radius 2 is 2.26 bits per heavy atom. The molecule has 3 rings (SSSR count). The van der Waals surface area contributed by atoms with Gasteiger partial charge in [0.2, 0.25) is 0 Å². The van der Waals surface area contributed by atoms with Crippen molar-refractivity contribution in [2.24, 2.45) is 5.92 Å². The molecule has 0 aromatic carbocycles. The summed E-state index contributed by atoms with van der Waals surface area (Å²) in [7, 11) is 0. The number of esters is 1. The highest BCUT2D eigenvalue weighted by atomic mass is 16.6. The average molecular weight is 264 g/mol. The van der Waals surface area contributed by atoms with Gasteiger partial charge >= 0.3 is 5.97 Å². The van der Waals surface area contributed by atoms with E-state index in [4.69, 9.17) is 9.47 Å². The van der Waals surface area contributed by atoms with E-state index in [0.717, 1.165) is 12.8 Å². The van der Waals surface area contributed by atoms with Crippen LogP contribution in [0.5, 0.6) is 0 Å². The number of carbonyl (C=O) groups excluding carboxylic acids is 1. The molecule has 1 N–H and O–H groups in total. The maximum atomic E-state index is 11.2. The van der Waals surface area contributed by atoms with Gasteiger partial charge in [0.1, 0.15) is 17.3 Å². The van der Waals surface area contributed by atoms with Gasteiger partial charge in [-0.15, -0.1) is 0 Å². The Labute approximate surface area is 113 Å². The van der Waals surface area contributed by atoms with Crippen LogP contribution in [-0.4, -0.2) is 34.5 Å². The molecule has 1 heterocycles. The van der Waals surface area contributed by atoms with Crippen molar-refractivity contribution >= 4 is 5.97 Å². The van der Waals surface area contributed by atoms with E-state index in [1.165, 1.54) is 6.92 Å². The van der Waals surface area contributed by atoms with Crippen molar-refractivity contribution in [3.05, 3.63) is 24.3 Å². The Bertz CT molecular complexity index is 455. The van der Waals surface area contributed by atoms with E-state index >= 15 is 0 Å². The summed E-state index contributed by atoms with van der Waals surface area (Å²) in [5.74, 6) is -0.539. The Morgan fingerprint density at radius 1 is 1.47 bits per heavy atom. The van der Waals surface area contributed by atoms with Crippen molar-refractivity contribution in [1.82, 2.24) is 0 Å². The predicted molar refractivity (Wildman–Crippen MR) is 69.4 cm³/mol. The molecule has 4 heteroatoms. The van der Waals surface area contributed by atoms with E-state index in [-0.39, 0.29) is 18.0 Å². The van der Waals surface area contributed by atoms with E-state index < -0.39 is 17.3 Å². The molecule has 104 valence electrons. The first-order valence-corrected chi connectivity index (χ1v) is 6.96. The third-order valence-electron chi connectivity index (χ3n) is 4.52. The van der Waals surface area contributed by atoms with Gasteiger partial charge in [-0.25, -0.2) is 0 Å². The highest BCUT2D eigenvalue weighted by molar-refractivity contribution is 5.66. The minimum atomic E-state index is -0.961. The van der Waals surface area contributed by atoms with Crippen molar-refractivity contribution in [3.8, 4) is 0 Å². The van der Waals surface area contributed by atoms with Crippen LogP contribution in [0.4, 0.5) is 0 Å². The summed E-state index contributed by atoms with van der Waals surface area (Å²) in [6, 6.07) is 0. The van der Waals surface area contributed by atoms with Crippen molar-refractivity contribution < 1.29 is 19.4 Å². The molecular formula is C15H20O4. The summed E-state index contributed by atoms with van der Waals surface area (Å²) < 4.78 is 11.4. The Hall–Kier alpha value is -1.13. The van der Waals surface area contributed by atoms with Gasteiger partial charge in [-0.2, -0.15) is 0 Å². The number of rotatable bonds is 3. The number of aliphatic hydroxyl groups is 1. The second kappa shape index (κ2) is 4.18. The van der Waals surface area contributed by atoms with Crippen LogP contribution < -0.4 is 0 Å². The van der Waals surface area contributed by atoms with Crippen LogP contribution in [0.25, 0.3) is 0 Å². The van der Waals surface area contributed by atoms with Crippen LogP contribution in [0.15, 0.2) is 24.3 Å². The summed E-state index contributed by atoms with van der Waals surface area (Å²) in [5, 5.41) is 11.1. The SMILES string of the molecule is CCC[C@@]12C=C[C@H](OC(C)=O)C3C=C[C@@H](C[C@@]31O)O2. The van der Waals surface area contributed by atoms with Gasteiger partial charge in [-0.05, 0) is 12.5 Å². The lowest BCUT2D eigenvalue weighted by atomic mass is 9.64. The van der Waals surface area contributed by atoms with Crippen LogP contribution in [0.1, 0.15) is 33.1 Å². The topological polar surface area (TPSA) is 55.8 Å². The van der Waals surface area contributed by atoms with Crippen molar-refractivity contribution in [2.75, 3.05) is 0 Å². The summed E-state index contributed by atoms with van der Waals surface area (Å²) in [6.07, 6.45) is 9.58. The lowest BCUT2D eigenvalue weighted by Crippen LogP contribution is -2.59. The molecule has 0 amide bonds. The smallest absolute Gasteiger partial charge is 0.303 e. The number of hydrogen-bond acceptors (Lipinski definition) is 4. The zero-order valence-electron chi connectivity index (χ0n) is 11.3. The van der Waals surface area contributed by atoms with Crippen LogP contribution in [0.3, 0.4) is 0 Å².